The van der Waals surface area contributed by atoms with Crippen LogP contribution in [0.3, 0.4) is 0 Å². The van der Waals surface area contributed by atoms with Gasteiger partial charge in [0.1, 0.15) is 11.6 Å². The molecule has 0 spiro atoms. The van der Waals surface area contributed by atoms with Crippen LogP contribution in [0.2, 0.25) is 0 Å². The number of halogens is 2. The van der Waals surface area contributed by atoms with Crippen molar-refractivity contribution in [2.75, 3.05) is 6.54 Å². The Hall–Kier alpha value is -0.960. The van der Waals surface area contributed by atoms with E-state index in [1.54, 1.807) is 0 Å². The molecule has 0 amide bonds. The highest BCUT2D eigenvalue weighted by molar-refractivity contribution is 5.23. The molecule has 0 aliphatic rings. The van der Waals surface area contributed by atoms with Crippen LogP contribution in [-0.4, -0.2) is 6.54 Å². The van der Waals surface area contributed by atoms with E-state index in [2.05, 4.69) is 0 Å². The Balaban J connectivity index is 3.08. The lowest BCUT2D eigenvalue weighted by atomic mass is 9.88. The maximum Gasteiger partial charge on any atom is 0.126 e. The van der Waals surface area contributed by atoms with E-state index in [9.17, 15) is 8.78 Å². The van der Waals surface area contributed by atoms with Crippen molar-refractivity contribution in [1.82, 2.24) is 0 Å². The van der Waals surface area contributed by atoms with E-state index in [0.29, 0.717) is 12.1 Å². The van der Waals surface area contributed by atoms with Crippen LogP contribution in [0.5, 0.6) is 0 Å². The topological polar surface area (TPSA) is 26.0 Å². The minimum atomic E-state index is -0.416. The van der Waals surface area contributed by atoms with E-state index in [4.69, 9.17) is 5.73 Å². The standard InChI is InChI=1S/C11H15F2N/c1-7(2)10(6-14)9-5-8(12)3-4-11(9)13/h3-5,7,10H,6,14H2,1-2H3. The fourth-order valence-electron chi connectivity index (χ4n) is 1.56. The first-order valence-corrected chi connectivity index (χ1v) is 4.71. The molecule has 0 fully saturated rings. The lowest BCUT2D eigenvalue weighted by molar-refractivity contribution is 0.474. The molecular formula is C11H15F2N. The van der Waals surface area contributed by atoms with Crippen LogP contribution in [0, 0.1) is 17.6 Å². The van der Waals surface area contributed by atoms with Gasteiger partial charge in [-0.3, -0.25) is 0 Å². The van der Waals surface area contributed by atoms with E-state index in [0.717, 1.165) is 12.1 Å². The van der Waals surface area contributed by atoms with Crippen molar-refractivity contribution in [2.24, 2.45) is 11.7 Å². The molecule has 1 nitrogen and oxygen atoms in total. The Bertz CT molecular complexity index is 310. The fraction of sp³-hybridized carbons (Fsp3) is 0.455. The summed E-state index contributed by atoms with van der Waals surface area (Å²) in [6.45, 7) is 4.22. The SMILES string of the molecule is CC(C)C(CN)c1cc(F)ccc1F. The molecule has 3 heteroatoms. The van der Waals surface area contributed by atoms with Gasteiger partial charge in [-0.05, 0) is 36.2 Å². The number of benzene rings is 1. The van der Waals surface area contributed by atoms with E-state index in [1.165, 1.54) is 6.07 Å². The van der Waals surface area contributed by atoms with E-state index in [-0.39, 0.29) is 17.7 Å². The summed E-state index contributed by atoms with van der Waals surface area (Å²) < 4.78 is 26.2. The molecular weight excluding hydrogens is 184 g/mol. The summed E-state index contributed by atoms with van der Waals surface area (Å²) in [5.74, 6) is -0.710. The summed E-state index contributed by atoms with van der Waals surface area (Å²) in [7, 11) is 0. The van der Waals surface area contributed by atoms with Gasteiger partial charge in [0.15, 0.2) is 0 Å². The Labute approximate surface area is 82.9 Å². The second-order valence-electron chi connectivity index (χ2n) is 3.75. The molecule has 0 aliphatic heterocycles. The first kappa shape index (κ1) is 11.1. The van der Waals surface area contributed by atoms with Crippen molar-refractivity contribution in [1.29, 1.82) is 0 Å². The summed E-state index contributed by atoms with van der Waals surface area (Å²) >= 11 is 0. The molecule has 0 heterocycles. The van der Waals surface area contributed by atoms with Gasteiger partial charge < -0.3 is 5.73 Å². The minimum Gasteiger partial charge on any atom is -0.330 e. The molecule has 0 radical (unpaired) electrons. The number of hydrogen-bond acceptors (Lipinski definition) is 1. The van der Waals surface area contributed by atoms with E-state index < -0.39 is 5.82 Å². The number of hydrogen-bond donors (Lipinski definition) is 1. The zero-order valence-corrected chi connectivity index (χ0v) is 8.43. The Morgan fingerprint density at radius 3 is 2.43 bits per heavy atom. The predicted molar refractivity (Wildman–Crippen MR) is 53.0 cm³/mol. The second-order valence-corrected chi connectivity index (χ2v) is 3.75. The molecule has 1 aromatic carbocycles. The van der Waals surface area contributed by atoms with E-state index in [1.807, 2.05) is 13.8 Å². The Morgan fingerprint density at radius 1 is 1.29 bits per heavy atom. The van der Waals surface area contributed by atoms with Crippen LogP contribution >= 0.6 is 0 Å². The number of nitrogens with two attached hydrogens (primary N) is 1. The van der Waals surface area contributed by atoms with Gasteiger partial charge in [-0.2, -0.15) is 0 Å². The molecule has 14 heavy (non-hydrogen) atoms. The second kappa shape index (κ2) is 4.51. The lowest BCUT2D eigenvalue weighted by Gasteiger charge is -2.19. The summed E-state index contributed by atoms with van der Waals surface area (Å²) in [6, 6.07) is 3.50. The number of rotatable bonds is 3. The summed E-state index contributed by atoms with van der Waals surface area (Å²) in [4.78, 5) is 0. The zero-order valence-electron chi connectivity index (χ0n) is 8.43. The van der Waals surface area contributed by atoms with Gasteiger partial charge in [-0.15, -0.1) is 0 Å². The van der Waals surface area contributed by atoms with Crippen molar-refractivity contribution in [3.05, 3.63) is 35.4 Å². The molecule has 0 aromatic heterocycles. The van der Waals surface area contributed by atoms with Crippen LogP contribution in [-0.2, 0) is 0 Å². The largest absolute Gasteiger partial charge is 0.330 e. The fourth-order valence-corrected chi connectivity index (χ4v) is 1.56. The van der Waals surface area contributed by atoms with Crippen LogP contribution in [0.15, 0.2) is 18.2 Å². The first-order valence-electron chi connectivity index (χ1n) is 4.71. The highest BCUT2D eigenvalue weighted by Crippen LogP contribution is 2.26. The first-order chi connectivity index (χ1) is 6.56. The van der Waals surface area contributed by atoms with Gasteiger partial charge in [0.05, 0.1) is 0 Å². The molecule has 0 aliphatic carbocycles. The molecule has 2 N–H and O–H groups in total. The van der Waals surface area contributed by atoms with Gasteiger partial charge >= 0.3 is 0 Å². The van der Waals surface area contributed by atoms with Gasteiger partial charge in [0.2, 0.25) is 0 Å². The molecule has 1 aromatic rings. The third-order valence-electron chi connectivity index (χ3n) is 2.42. The van der Waals surface area contributed by atoms with Crippen molar-refractivity contribution in [3.63, 3.8) is 0 Å². The van der Waals surface area contributed by atoms with Gasteiger partial charge in [0, 0.05) is 5.92 Å². The van der Waals surface area contributed by atoms with Crippen molar-refractivity contribution in [2.45, 2.75) is 19.8 Å². The van der Waals surface area contributed by atoms with Crippen LogP contribution in [0.4, 0.5) is 8.78 Å². The molecule has 0 saturated carbocycles. The average molecular weight is 199 g/mol. The highest BCUT2D eigenvalue weighted by Gasteiger charge is 2.18. The Morgan fingerprint density at radius 2 is 1.93 bits per heavy atom. The summed E-state index contributed by atoms with van der Waals surface area (Å²) in [5.41, 5.74) is 5.91. The highest BCUT2D eigenvalue weighted by atomic mass is 19.1. The molecule has 78 valence electrons. The molecule has 1 rings (SSSR count). The van der Waals surface area contributed by atoms with Crippen molar-refractivity contribution >= 4 is 0 Å². The quantitative estimate of drug-likeness (QED) is 0.795. The van der Waals surface area contributed by atoms with Gasteiger partial charge in [0.25, 0.3) is 0 Å². The molecule has 0 bridgehead atoms. The monoisotopic (exact) mass is 199 g/mol. The van der Waals surface area contributed by atoms with Crippen molar-refractivity contribution in [3.8, 4) is 0 Å². The van der Waals surface area contributed by atoms with Gasteiger partial charge in [-0.25, -0.2) is 8.78 Å². The van der Waals surface area contributed by atoms with Crippen LogP contribution < -0.4 is 5.73 Å². The Kier molecular flexibility index (Phi) is 3.58. The van der Waals surface area contributed by atoms with Gasteiger partial charge in [-0.1, -0.05) is 13.8 Å². The predicted octanol–water partition coefficient (Wildman–Crippen LogP) is 2.66. The third kappa shape index (κ3) is 2.29. The average Bonchev–Trinajstić information content (AvgIpc) is 2.11. The minimum absolute atomic E-state index is 0.120. The molecule has 0 saturated heterocycles. The van der Waals surface area contributed by atoms with Crippen LogP contribution in [0.1, 0.15) is 25.3 Å². The smallest absolute Gasteiger partial charge is 0.126 e. The normalized spacial score (nSPS) is 13.3. The molecule has 1 unspecified atom stereocenters. The lowest BCUT2D eigenvalue weighted by Crippen LogP contribution is -2.19. The van der Waals surface area contributed by atoms with Crippen LogP contribution in [0.25, 0.3) is 0 Å². The maximum absolute atomic E-state index is 13.3. The van der Waals surface area contributed by atoms with Crippen molar-refractivity contribution < 1.29 is 8.78 Å². The summed E-state index contributed by atoms with van der Waals surface area (Å²) in [6.07, 6.45) is 0. The maximum atomic E-state index is 13.3. The van der Waals surface area contributed by atoms with E-state index >= 15 is 0 Å². The zero-order chi connectivity index (χ0) is 10.7. The third-order valence-corrected chi connectivity index (χ3v) is 2.42. The summed E-state index contributed by atoms with van der Waals surface area (Å²) in [5, 5.41) is 0. The molecule has 1 atom stereocenters.